The van der Waals surface area contributed by atoms with E-state index < -0.39 is 6.03 Å². The van der Waals surface area contributed by atoms with Gasteiger partial charge in [-0.2, -0.15) is 5.10 Å². The topological polar surface area (TPSA) is 82.0 Å². The molecule has 0 aliphatic carbocycles. The molecule has 0 atom stereocenters. The number of pyridine rings is 1. The van der Waals surface area contributed by atoms with Gasteiger partial charge in [0.05, 0.1) is 12.7 Å². The maximum absolute atomic E-state index is 11.3. The van der Waals surface area contributed by atoms with Crippen LogP contribution in [0.25, 0.3) is 22.2 Å². The summed E-state index contributed by atoms with van der Waals surface area (Å²) in [5, 5.41) is 5.20. The van der Waals surface area contributed by atoms with E-state index in [9.17, 15) is 4.79 Å². The number of nitrogens with two attached hydrogens (primary N) is 1. The Hall–Kier alpha value is -2.67. The van der Waals surface area contributed by atoms with Crippen LogP contribution in [0.2, 0.25) is 0 Å². The van der Waals surface area contributed by atoms with Gasteiger partial charge in [0.25, 0.3) is 0 Å². The van der Waals surface area contributed by atoms with Gasteiger partial charge in [0.2, 0.25) is 0 Å². The van der Waals surface area contributed by atoms with E-state index in [1.54, 1.807) is 6.20 Å². The second-order valence-corrected chi connectivity index (χ2v) is 6.12. The van der Waals surface area contributed by atoms with Crippen LogP contribution in [0.1, 0.15) is 12.8 Å². The predicted octanol–water partition coefficient (Wildman–Crippen LogP) is 1.72. The summed E-state index contributed by atoms with van der Waals surface area (Å²) in [5.74, 6) is 0. The molecule has 123 valence electrons. The maximum Gasteiger partial charge on any atom is 0.324 e. The lowest BCUT2D eigenvalue weighted by molar-refractivity contribution is 0.251. The lowest BCUT2D eigenvalue weighted by Crippen LogP contribution is -2.24. The van der Waals surface area contributed by atoms with Crippen molar-refractivity contribution in [1.82, 2.24) is 24.2 Å². The van der Waals surface area contributed by atoms with Crippen LogP contribution in [-0.2, 0) is 6.54 Å². The summed E-state index contributed by atoms with van der Waals surface area (Å²) in [7, 11) is 0. The van der Waals surface area contributed by atoms with Crippen molar-refractivity contribution in [2.45, 2.75) is 19.4 Å². The van der Waals surface area contributed by atoms with Gasteiger partial charge in [-0.3, -0.25) is 9.25 Å². The van der Waals surface area contributed by atoms with Gasteiger partial charge in [0.1, 0.15) is 5.65 Å². The van der Waals surface area contributed by atoms with Crippen molar-refractivity contribution < 1.29 is 4.79 Å². The van der Waals surface area contributed by atoms with E-state index in [4.69, 9.17) is 5.73 Å². The zero-order chi connectivity index (χ0) is 16.5. The van der Waals surface area contributed by atoms with E-state index in [1.807, 2.05) is 23.1 Å². The molecule has 1 aliphatic heterocycles. The third-order valence-electron chi connectivity index (χ3n) is 4.49. The van der Waals surface area contributed by atoms with Crippen molar-refractivity contribution in [1.29, 1.82) is 0 Å². The van der Waals surface area contributed by atoms with Gasteiger partial charge in [0, 0.05) is 47.7 Å². The van der Waals surface area contributed by atoms with Crippen LogP contribution in [0.4, 0.5) is 4.79 Å². The molecule has 0 aromatic carbocycles. The van der Waals surface area contributed by atoms with E-state index in [-0.39, 0.29) is 0 Å². The molecule has 1 aliphatic rings. The van der Waals surface area contributed by atoms with Gasteiger partial charge in [-0.1, -0.05) is 0 Å². The fraction of sp³-hybridized carbons (Fsp3) is 0.353. The minimum absolute atomic E-state index is 0.521. The number of amides is 1. The maximum atomic E-state index is 11.3. The number of hydrogen-bond acceptors (Lipinski definition) is 4. The Morgan fingerprint density at radius 2 is 2.04 bits per heavy atom. The number of hydrogen-bond donors (Lipinski definition) is 1. The van der Waals surface area contributed by atoms with Gasteiger partial charge in [-0.05, 0) is 32.0 Å². The first kappa shape index (κ1) is 14.9. The molecular weight excluding hydrogens is 304 g/mol. The molecule has 1 radical (unpaired) electrons. The number of fused-ring (bicyclic) bond motifs is 1. The summed E-state index contributed by atoms with van der Waals surface area (Å²) >= 11 is 0. The Bertz CT molecular complexity index is 874. The summed E-state index contributed by atoms with van der Waals surface area (Å²) in [6, 6.07) is 4.40. The van der Waals surface area contributed by atoms with Crippen LogP contribution >= 0.6 is 0 Å². The predicted molar refractivity (Wildman–Crippen MR) is 90.4 cm³/mol. The van der Waals surface area contributed by atoms with Crippen LogP contribution in [0.15, 0.2) is 30.9 Å². The lowest BCUT2D eigenvalue weighted by atomic mass is 10.1. The van der Waals surface area contributed by atoms with Gasteiger partial charge in [-0.25, -0.2) is 9.78 Å². The molecule has 7 heteroatoms. The number of nitrogens with zero attached hydrogens (tertiary/aromatic N) is 5. The molecule has 3 aromatic heterocycles. The molecule has 4 rings (SSSR count). The molecule has 0 spiro atoms. The third kappa shape index (κ3) is 2.78. The van der Waals surface area contributed by atoms with Crippen LogP contribution in [-0.4, -0.2) is 49.9 Å². The average Bonchev–Trinajstić information content (AvgIpc) is 3.31. The Morgan fingerprint density at radius 3 is 2.83 bits per heavy atom. The quantitative estimate of drug-likeness (QED) is 0.792. The van der Waals surface area contributed by atoms with Crippen LogP contribution in [0, 0.1) is 6.07 Å². The lowest BCUT2D eigenvalue weighted by Gasteiger charge is -2.13. The number of rotatable bonds is 4. The van der Waals surface area contributed by atoms with Gasteiger partial charge < -0.3 is 10.6 Å². The first-order chi connectivity index (χ1) is 11.7. The minimum Gasteiger partial charge on any atom is -0.351 e. The summed E-state index contributed by atoms with van der Waals surface area (Å²) in [6.45, 7) is 4.32. The fourth-order valence-corrected chi connectivity index (χ4v) is 3.16. The van der Waals surface area contributed by atoms with Gasteiger partial charge >= 0.3 is 6.03 Å². The molecule has 4 heterocycles. The molecule has 3 aromatic rings. The highest BCUT2D eigenvalue weighted by Crippen LogP contribution is 2.22. The molecule has 1 amide bonds. The van der Waals surface area contributed by atoms with Crippen molar-refractivity contribution in [3.8, 4) is 11.1 Å². The molecule has 7 nitrogen and oxygen atoms in total. The Morgan fingerprint density at radius 1 is 1.21 bits per heavy atom. The SMILES string of the molecule is NC(=O)n1c[c]c2cc(-c3cnn(CCN4CCCC4)c3)cnc21. The number of carbonyl (C=O) groups is 1. The third-order valence-corrected chi connectivity index (χ3v) is 4.49. The van der Waals surface area contributed by atoms with E-state index in [0.29, 0.717) is 5.65 Å². The standard InChI is InChI=1S/C17H19N6O/c18-17(24)23-6-3-13-9-14(10-19-16(13)23)15-11-20-22(12-15)8-7-21-4-1-2-5-21/h6,9-12H,1-2,4-5,7-8H2,(H2,18,24). The van der Waals surface area contributed by atoms with Crippen LogP contribution < -0.4 is 5.73 Å². The van der Waals surface area contributed by atoms with Crippen molar-refractivity contribution in [3.05, 3.63) is 36.9 Å². The minimum atomic E-state index is -0.559. The fourth-order valence-electron chi connectivity index (χ4n) is 3.16. The summed E-state index contributed by atoms with van der Waals surface area (Å²) in [6.07, 6.45) is 9.73. The van der Waals surface area contributed by atoms with Gasteiger partial charge in [0.15, 0.2) is 0 Å². The van der Waals surface area contributed by atoms with Crippen molar-refractivity contribution in [2.24, 2.45) is 5.73 Å². The highest BCUT2D eigenvalue weighted by atomic mass is 16.2. The monoisotopic (exact) mass is 323 g/mol. The van der Waals surface area contributed by atoms with E-state index in [2.05, 4.69) is 21.0 Å². The number of likely N-dealkylation sites (tertiary alicyclic amines) is 1. The van der Waals surface area contributed by atoms with E-state index in [1.165, 1.54) is 36.7 Å². The Balaban J connectivity index is 1.53. The smallest absolute Gasteiger partial charge is 0.324 e. The second-order valence-electron chi connectivity index (χ2n) is 6.12. The normalized spacial score (nSPS) is 15.3. The first-order valence-electron chi connectivity index (χ1n) is 8.14. The molecule has 2 N–H and O–H groups in total. The summed E-state index contributed by atoms with van der Waals surface area (Å²) in [4.78, 5) is 18.1. The molecule has 0 unspecified atom stereocenters. The number of aromatic nitrogens is 4. The Kier molecular flexibility index (Phi) is 3.78. The zero-order valence-electron chi connectivity index (χ0n) is 13.4. The average molecular weight is 323 g/mol. The Labute approximate surface area is 139 Å². The van der Waals surface area contributed by atoms with Crippen molar-refractivity contribution in [3.63, 3.8) is 0 Å². The molecule has 0 saturated carbocycles. The number of carbonyl (C=O) groups excluding carboxylic acids is 1. The molecule has 1 saturated heterocycles. The number of primary amides is 1. The van der Waals surface area contributed by atoms with Crippen LogP contribution in [0.5, 0.6) is 0 Å². The highest BCUT2D eigenvalue weighted by Gasteiger charge is 2.12. The molecule has 0 bridgehead atoms. The second kappa shape index (κ2) is 6.09. The van der Waals surface area contributed by atoms with E-state index in [0.717, 1.165) is 29.6 Å². The largest absolute Gasteiger partial charge is 0.351 e. The molecule has 24 heavy (non-hydrogen) atoms. The van der Waals surface area contributed by atoms with Crippen molar-refractivity contribution >= 4 is 17.1 Å². The summed E-state index contributed by atoms with van der Waals surface area (Å²) in [5.41, 5.74) is 7.79. The van der Waals surface area contributed by atoms with Gasteiger partial charge in [-0.15, -0.1) is 0 Å². The first-order valence-corrected chi connectivity index (χ1v) is 8.14. The summed E-state index contributed by atoms with van der Waals surface area (Å²) < 4.78 is 3.26. The molecule has 1 fully saturated rings. The van der Waals surface area contributed by atoms with E-state index >= 15 is 0 Å². The molecular formula is C17H19N6O. The zero-order valence-corrected chi connectivity index (χ0v) is 13.4. The highest BCUT2D eigenvalue weighted by molar-refractivity contribution is 5.90. The van der Waals surface area contributed by atoms with Crippen molar-refractivity contribution in [2.75, 3.05) is 19.6 Å². The van der Waals surface area contributed by atoms with Crippen LogP contribution in [0.3, 0.4) is 0 Å².